The molecule has 1 fully saturated rings. The van der Waals surface area contributed by atoms with Crippen LogP contribution in [0.3, 0.4) is 0 Å². The zero-order valence-electron chi connectivity index (χ0n) is 18.9. The fourth-order valence-corrected chi connectivity index (χ4v) is 6.64. The highest BCUT2D eigenvalue weighted by atomic mass is 32.2. The first-order valence-corrected chi connectivity index (χ1v) is 12.9. The maximum Gasteiger partial charge on any atom is 0.319 e. The Morgan fingerprint density at radius 1 is 1.31 bits per heavy atom. The minimum Gasteiger partial charge on any atom is -0.465 e. The molecule has 3 aromatic rings. The molecule has 5 heterocycles. The number of aromatic nitrogens is 3. The molecule has 0 N–H and O–H groups in total. The average molecular weight is 473 g/mol. The van der Waals surface area contributed by atoms with Gasteiger partial charge in [-0.05, 0) is 46.1 Å². The van der Waals surface area contributed by atoms with Crippen molar-refractivity contribution in [2.45, 2.75) is 69.4 Å². The van der Waals surface area contributed by atoms with Gasteiger partial charge in [-0.3, -0.25) is 4.79 Å². The van der Waals surface area contributed by atoms with Crippen LogP contribution in [0.4, 0.5) is 5.82 Å². The zero-order chi connectivity index (χ0) is 22.5. The third kappa shape index (κ3) is 3.84. The van der Waals surface area contributed by atoms with Crippen molar-refractivity contribution >= 4 is 55.3 Å². The number of carbonyl (C=O) groups is 1. The Labute approximate surface area is 195 Å². The monoisotopic (exact) mass is 472 g/mol. The van der Waals surface area contributed by atoms with Crippen molar-refractivity contribution in [3.05, 3.63) is 17.5 Å². The van der Waals surface area contributed by atoms with Gasteiger partial charge in [-0.1, -0.05) is 11.8 Å². The SMILES string of the molecule is CCOC(=O)[C@H](C)Sc1ncnc2c1sc1nc(N3CCCC3)c3c(c12)CC(C)(C)OC3. The first-order valence-electron chi connectivity index (χ1n) is 11.2. The summed E-state index contributed by atoms with van der Waals surface area (Å²) in [5.41, 5.74) is 3.19. The summed E-state index contributed by atoms with van der Waals surface area (Å²) in [6, 6.07) is 0. The molecule has 9 heteroatoms. The molecule has 1 saturated heterocycles. The predicted octanol–water partition coefficient (Wildman–Crippen LogP) is 4.73. The van der Waals surface area contributed by atoms with Crippen molar-refractivity contribution in [1.29, 1.82) is 0 Å². The molecule has 7 nitrogen and oxygen atoms in total. The molecule has 32 heavy (non-hydrogen) atoms. The Morgan fingerprint density at radius 3 is 2.84 bits per heavy atom. The van der Waals surface area contributed by atoms with Crippen LogP contribution in [-0.4, -0.2) is 51.5 Å². The number of ether oxygens (including phenoxy) is 2. The van der Waals surface area contributed by atoms with Gasteiger partial charge in [0.2, 0.25) is 0 Å². The first-order chi connectivity index (χ1) is 15.4. The van der Waals surface area contributed by atoms with E-state index in [1.54, 1.807) is 17.7 Å². The summed E-state index contributed by atoms with van der Waals surface area (Å²) in [5, 5.41) is 1.58. The maximum atomic E-state index is 12.2. The van der Waals surface area contributed by atoms with Crippen LogP contribution in [0.15, 0.2) is 11.4 Å². The van der Waals surface area contributed by atoms with Crippen molar-refractivity contribution in [2.75, 3.05) is 24.6 Å². The van der Waals surface area contributed by atoms with Gasteiger partial charge in [-0.2, -0.15) is 0 Å². The lowest BCUT2D eigenvalue weighted by atomic mass is 9.90. The number of hydrogen-bond acceptors (Lipinski definition) is 9. The molecule has 0 aliphatic carbocycles. The Bertz CT molecular complexity index is 1190. The van der Waals surface area contributed by atoms with Crippen LogP contribution in [0.5, 0.6) is 0 Å². The summed E-state index contributed by atoms with van der Waals surface area (Å²) in [4.78, 5) is 29.9. The van der Waals surface area contributed by atoms with Crippen LogP contribution in [0.25, 0.3) is 20.4 Å². The van der Waals surface area contributed by atoms with E-state index < -0.39 is 0 Å². The highest BCUT2D eigenvalue weighted by molar-refractivity contribution is 8.00. The Balaban J connectivity index is 1.67. The quantitative estimate of drug-likeness (QED) is 0.300. The van der Waals surface area contributed by atoms with E-state index in [0.29, 0.717) is 13.2 Å². The summed E-state index contributed by atoms with van der Waals surface area (Å²) in [6.45, 7) is 11.0. The summed E-state index contributed by atoms with van der Waals surface area (Å²) in [6.07, 6.45) is 4.82. The molecule has 0 unspecified atom stereocenters. The number of thioether (sulfide) groups is 1. The van der Waals surface area contributed by atoms with Gasteiger partial charge in [0.1, 0.15) is 27.3 Å². The lowest BCUT2D eigenvalue weighted by Crippen LogP contribution is -2.33. The van der Waals surface area contributed by atoms with E-state index in [4.69, 9.17) is 14.5 Å². The molecule has 0 saturated carbocycles. The van der Waals surface area contributed by atoms with Crippen molar-refractivity contribution < 1.29 is 14.3 Å². The van der Waals surface area contributed by atoms with E-state index in [-0.39, 0.29) is 16.8 Å². The maximum absolute atomic E-state index is 12.2. The number of thiophene rings is 1. The van der Waals surface area contributed by atoms with Crippen LogP contribution in [-0.2, 0) is 27.3 Å². The molecule has 2 aliphatic rings. The Hall–Kier alpha value is -1.97. The molecule has 2 aliphatic heterocycles. The number of anilines is 1. The normalized spacial score (nSPS) is 18.8. The number of pyridine rings is 1. The first kappa shape index (κ1) is 21.9. The topological polar surface area (TPSA) is 77.4 Å². The molecular weight excluding hydrogens is 444 g/mol. The fraction of sp³-hybridized carbons (Fsp3) is 0.565. The van der Waals surface area contributed by atoms with Crippen LogP contribution < -0.4 is 4.90 Å². The lowest BCUT2D eigenvalue weighted by molar-refractivity contribution is -0.142. The van der Waals surface area contributed by atoms with Crippen LogP contribution >= 0.6 is 23.1 Å². The molecule has 0 amide bonds. The summed E-state index contributed by atoms with van der Waals surface area (Å²) in [7, 11) is 0. The van der Waals surface area contributed by atoms with Crippen molar-refractivity contribution in [3.63, 3.8) is 0 Å². The molecule has 0 aromatic carbocycles. The van der Waals surface area contributed by atoms with Gasteiger partial charge in [0.25, 0.3) is 0 Å². The second-order valence-electron chi connectivity index (χ2n) is 8.96. The molecule has 0 bridgehead atoms. The van der Waals surface area contributed by atoms with Gasteiger partial charge in [0.15, 0.2) is 0 Å². The van der Waals surface area contributed by atoms with Crippen molar-refractivity contribution in [1.82, 2.24) is 15.0 Å². The van der Waals surface area contributed by atoms with Gasteiger partial charge in [0.05, 0.1) is 29.0 Å². The van der Waals surface area contributed by atoms with E-state index in [9.17, 15) is 4.79 Å². The summed E-state index contributed by atoms with van der Waals surface area (Å²) < 4.78 is 12.4. The molecule has 1 atom stereocenters. The van der Waals surface area contributed by atoms with Gasteiger partial charge < -0.3 is 14.4 Å². The smallest absolute Gasteiger partial charge is 0.319 e. The molecule has 0 radical (unpaired) electrons. The average Bonchev–Trinajstić information content (AvgIpc) is 3.41. The van der Waals surface area contributed by atoms with E-state index in [0.717, 1.165) is 50.8 Å². The zero-order valence-corrected chi connectivity index (χ0v) is 20.6. The van der Waals surface area contributed by atoms with E-state index in [1.807, 2.05) is 13.8 Å². The molecule has 170 valence electrons. The minimum atomic E-state index is -0.340. The number of rotatable bonds is 5. The highest BCUT2D eigenvalue weighted by Gasteiger charge is 2.33. The number of hydrogen-bond donors (Lipinski definition) is 0. The van der Waals surface area contributed by atoms with Gasteiger partial charge in [0, 0.05) is 30.5 Å². The van der Waals surface area contributed by atoms with E-state index >= 15 is 0 Å². The Morgan fingerprint density at radius 2 is 2.09 bits per heavy atom. The lowest BCUT2D eigenvalue weighted by Gasteiger charge is -2.34. The number of fused-ring (bicyclic) bond motifs is 5. The van der Waals surface area contributed by atoms with Crippen molar-refractivity contribution in [3.8, 4) is 0 Å². The van der Waals surface area contributed by atoms with Gasteiger partial charge in [-0.25, -0.2) is 15.0 Å². The van der Waals surface area contributed by atoms with Gasteiger partial charge >= 0.3 is 5.97 Å². The van der Waals surface area contributed by atoms with E-state index in [1.165, 1.54) is 35.7 Å². The van der Waals surface area contributed by atoms with Crippen LogP contribution in [0.2, 0.25) is 0 Å². The number of esters is 1. The van der Waals surface area contributed by atoms with Gasteiger partial charge in [-0.15, -0.1) is 11.3 Å². The Kier molecular flexibility index (Phi) is 5.75. The summed E-state index contributed by atoms with van der Waals surface area (Å²) in [5.74, 6) is 0.838. The summed E-state index contributed by atoms with van der Waals surface area (Å²) >= 11 is 3.05. The minimum absolute atomic E-state index is 0.226. The second-order valence-corrected chi connectivity index (χ2v) is 11.3. The third-order valence-corrected chi connectivity index (χ3v) is 8.37. The second kappa shape index (κ2) is 8.43. The molecule has 5 rings (SSSR count). The number of carbonyl (C=O) groups excluding carboxylic acids is 1. The molecule has 0 spiro atoms. The largest absolute Gasteiger partial charge is 0.465 e. The third-order valence-electron chi connectivity index (χ3n) is 6.09. The van der Waals surface area contributed by atoms with Crippen LogP contribution in [0.1, 0.15) is 51.7 Å². The molecular formula is C23H28N4O3S2. The van der Waals surface area contributed by atoms with E-state index in [2.05, 4.69) is 28.7 Å². The fourth-order valence-electron chi connectivity index (χ4n) is 4.52. The highest BCUT2D eigenvalue weighted by Crippen LogP contribution is 2.45. The van der Waals surface area contributed by atoms with Crippen LogP contribution in [0, 0.1) is 0 Å². The number of nitrogens with zero attached hydrogens (tertiary/aromatic N) is 4. The standard InChI is InChI=1S/C23H28N4O3S2/c1-5-29-22(28)13(2)31-21-18-17(24-12-25-21)16-14-10-23(3,4)30-11-15(14)19(26-20(16)32-18)27-8-6-7-9-27/h12-13H,5-11H2,1-4H3/t13-/m0/s1. The van der Waals surface area contributed by atoms with Crippen molar-refractivity contribution in [2.24, 2.45) is 0 Å². The molecule has 3 aromatic heterocycles. The predicted molar refractivity (Wildman–Crippen MR) is 129 cm³/mol.